The Labute approximate surface area is 123 Å². The van der Waals surface area contributed by atoms with Gasteiger partial charge in [0.05, 0.1) is 31.4 Å². The first-order valence-electron chi connectivity index (χ1n) is 6.74. The van der Waals surface area contributed by atoms with Gasteiger partial charge in [0.2, 0.25) is 5.95 Å². The molecule has 0 saturated heterocycles. The summed E-state index contributed by atoms with van der Waals surface area (Å²) in [5.74, 6) is 0.0721. The number of fused-ring (bicyclic) bond motifs is 1. The second kappa shape index (κ2) is 6.73. The molecule has 0 unspecified atom stereocenters. The van der Waals surface area contributed by atoms with Crippen LogP contribution in [0.3, 0.4) is 0 Å². The lowest BCUT2D eigenvalue weighted by atomic mass is 10.3. The van der Waals surface area contributed by atoms with E-state index in [2.05, 4.69) is 9.88 Å². The molecule has 0 fully saturated rings. The van der Waals surface area contributed by atoms with Crippen LogP contribution in [-0.4, -0.2) is 55.4 Å². The topological polar surface area (TPSA) is 65.5 Å². The predicted octanol–water partition coefficient (Wildman–Crippen LogP) is 1.34. The SMILES string of the molecule is COc1cc2c(cc1F)nc(N)n2CCOCCN(C)C. The van der Waals surface area contributed by atoms with Crippen molar-refractivity contribution in [1.82, 2.24) is 14.5 Å². The van der Waals surface area contributed by atoms with Gasteiger partial charge in [0.1, 0.15) is 0 Å². The monoisotopic (exact) mass is 296 g/mol. The number of benzene rings is 1. The Kier molecular flexibility index (Phi) is 4.98. The summed E-state index contributed by atoms with van der Waals surface area (Å²) in [5, 5.41) is 0. The van der Waals surface area contributed by atoms with Gasteiger partial charge in [-0.15, -0.1) is 0 Å². The summed E-state index contributed by atoms with van der Waals surface area (Å²) < 4.78 is 26.0. The van der Waals surface area contributed by atoms with E-state index in [1.54, 1.807) is 10.6 Å². The van der Waals surface area contributed by atoms with Crippen LogP contribution in [0.1, 0.15) is 0 Å². The fraction of sp³-hybridized carbons (Fsp3) is 0.500. The molecule has 0 atom stereocenters. The number of imidazole rings is 1. The number of nitrogens with zero attached hydrogens (tertiary/aromatic N) is 3. The van der Waals surface area contributed by atoms with Crippen LogP contribution in [0.15, 0.2) is 12.1 Å². The van der Waals surface area contributed by atoms with Crippen LogP contribution in [0.5, 0.6) is 5.75 Å². The number of anilines is 1. The molecular weight excluding hydrogens is 275 g/mol. The van der Waals surface area contributed by atoms with Gasteiger partial charge in [0, 0.05) is 25.2 Å². The lowest BCUT2D eigenvalue weighted by molar-refractivity contribution is 0.112. The predicted molar refractivity (Wildman–Crippen MR) is 80.0 cm³/mol. The maximum atomic E-state index is 13.6. The van der Waals surface area contributed by atoms with Crippen molar-refractivity contribution in [2.75, 3.05) is 46.7 Å². The zero-order valence-corrected chi connectivity index (χ0v) is 12.6. The molecule has 0 aliphatic carbocycles. The van der Waals surface area contributed by atoms with Crippen molar-refractivity contribution in [3.8, 4) is 5.75 Å². The number of ether oxygens (including phenoxy) is 2. The van der Waals surface area contributed by atoms with Crippen molar-refractivity contribution in [2.45, 2.75) is 6.54 Å². The number of nitrogens with two attached hydrogens (primary N) is 1. The average Bonchev–Trinajstić information content (AvgIpc) is 2.72. The van der Waals surface area contributed by atoms with Crippen LogP contribution in [0.2, 0.25) is 0 Å². The van der Waals surface area contributed by atoms with Crippen molar-refractivity contribution in [3.63, 3.8) is 0 Å². The third kappa shape index (κ3) is 3.62. The Balaban J connectivity index is 2.10. The van der Waals surface area contributed by atoms with E-state index in [1.165, 1.54) is 13.2 Å². The highest BCUT2D eigenvalue weighted by atomic mass is 19.1. The number of halogens is 1. The molecule has 1 aromatic heterocycles. The van der Waals surface area contributed by atoms with E-state index in [-0.39, 0.29) is 5.75 Å². The largest absolute Gasteiger partial charge is 0.494 e. The molecule has 0 amide bonds. The lowest BCUT2D eigenvalue weighted by Gasteiger charge is -2.11. The number of hydrogen-bond acceptors (Lipinski definition) is 5. The molecule has 0 bridgehead atoms. The minimum Gasteiger partial charge on any atom is -0.494 e. The van der Waals surface area contributed by atoms with Gasteiger partial charge >= 0.3 is 0 Å². The van der Waals surface area contributed by atoms with Crippen molar-refractivity contribution in [1.29, 1.82) is 0 Å². The van der Waals surface area contributed by atoms with Crippen molar-refractivity contribution >= 4 is 17.0 Å². The molecule has 0 radical (unpaired) electrons. The molecule has 116 valence electrons. The molecule has 1 heterocycles. The van der Waals surface area contributed by atoms with Crippen LogP contribution >= 0.6 is 0 Å². The number of likely N-dealkylation sites (N-methyl/N-ethyl adjacent to an activating group) is 1. The Morgan fingerprint density at radius 3 is 2.76 bits per heavy atom. The van der Waals surface area contributed by atoms with Crippen LogP contribution in [0.4, 0.5) is 10.3 Å². The molecule has 0 aliphatic rings. The highest BCUT2D eigenvalue weighted by molar-refractivity contribution is 5.80. The highest BCUT2D eigenvalue weighted by Gasteiger charge is 2.12. The molecule has 2 rings (SSSR count). The Morgan fingerprint density at radius 2 is 2.10 bits per heavy atom. The van der Waals surface area contributed by atoms with Gasteiger partial charge in [-0.05, 0) is 14.1 Å². The van der Waals surface area contributed by atoms with E-state index in [4.69, 9.17) is 15.2 Å². The molecule has 21 heavy (non-hydrogen) atoms. The minimum atomic E-state index is -0.447. The summed E-state index contributed by atoms with van der Waals surface area (Å²) in [5.41, 5.74) is 7.13. The highest BCUT2D eigenvalue weighted by Crippen LogP contribution is 2.26. The summed E-state index contributed by atoms with van der Waals surface area (Å²) in [6, 6.07) is 2.93. The second-order valence-electron chi connectivity index (χ2n) is 5.01. The molecule has 0 aliphatic heterocycles. The van der Waals surface area contributed by atoms with Crippen molar-refractivity contribution < 1.29 is 13.9 Å². The molecule has 2 N–H and O–H groups in total. The van der Waals surface area contributed by atoms with Crippen molar-refractivity contribution in [3.05, 3.63) is 17.9 Å². The molecule has 1 aromatic carbocycles. The van der Waals surface area contributed by atoms with Gasteiger partial charge in [0.25, 0.3) is 0 Å². The summed E-state index contributed by atoms with van der Waals surface area (Å²) in [7, 11) is 5.41. The molecule has 2 aromatic rings. The quantitative estimate of drug-likeness (QED) is 0.781. The van der Waals surface area contributed by atoms with Gasteiger partial charge in [-0.25, -0.2) is 9.37 Å². The van der Waals surface area contributed by atoms with Gasteiger partial charge < -0.3 is 24.7 Å². The van der Waals surface area contributed by atoms with E-state index in [0.29, 0.717) is 31.2 Å². The van der Waals surface area contributed by atoms with Crippen LogP contribution in [-0.2, 0) is 11.3 Å². The smallest absolute Gasteiger partial charge is 0.201 e. The maximum absolute atomic E-state index is 13.6. The lowest BCUT2D eigenvalue weighted by Crippen LogP contribution is -2.19. The maximum Gasteiger partial charge on any atom is 0.201 e. The Morgan fingerprint density at radius 1 is 1.33 bits per heavy atom. The molecule has 0 spiro atoms. The number of aromatic nitrogens is 2. The van der Waals surface area contributed by atoms with E-state index < -0.39 is 5.82 Å². The molecular formula is C14H21FN4O2. The Bertz CT molecular complexity index is 613. The number of rotatable bonds is 7. The first-order valence-corrected chi connectivity index (χ1v) is 6.74. The third-order valence-electron chi connectivity index (χ3n) is 3.19. The Hall–Kier alpha value is -1.86. The van der Waals surface area contributed by atoms with Crippen molar-refractivity contribution in [2.24, 2.45) is 0 Å². The third-order valence-corrected chi connectivity index (χ3v) is 3.19. The van der Waals surface area contributed by atoms with Gasteiger partial charge in [0.15, 0.2) is 11.6 Å². The van der Waals surface area contributed by atoms with E-state index >= 15 is 0 Å². The summed E-state index contributed by atoms with van der Waals surface area (Å²) >= 11 is 0. The summed E-state index contributed by atoms with van der Waals surface area (Å²) in [6.45, 7) is 2.59. The van der Waals surface area contributed by atoms with E-state index in [0.717, 1.165) is 12.1 Å². The fourth-order valence-electron chi connectivity index (χ4n) is 2.04. The minimum absolute atomic E-state index is 0.178. The van der Waals surface area contributed by atoms with Crippen LogP contribution in [0, 0.1) is 5.82 Å². The standard InChI is InChI=1S/C14H21FN4O2/c1-18(2)4-6-21-7-5-19-12-9-13(20-3)10(15)8-11(12)17-14(19)16/h8-9H,4-7H2,1-3H3,(H2,16,17). The molecule has 0 saturated carbocycles. The summed E-state index contributed by atoms with van der Waals surface area (Å²) in [6.07, 6.45) is 0. The fourth-order valence-corrected chi connectivity index (χ4v) is 2.04. The molecule has 6 nitrogen and oxygen atoms in total. The summed E-state index contributed by atoms with van der Waals surface area (Å²) in [4.78, 5) is 6.21. The zero-order chi connectivity index (χ0) is 15.4. The first-order chi connectivity index (χ1) is 10.0. The van der Waals surface area contributed by atoms with Gasteiger partial charge in [-0.3, -0.25) is 0 Å². The van der Waals surface area contributed by atoms with Gasteiger partial charge in [-0.1, -0.05) is 0 Å². The normalized spacial score (nSPS) is 11.5. The zero-order valence-electron chi connectivity index (χ0n) is 12.6. The molecule has 7 heteroatoms. The number of nitrogen functional groups attached to an aromatic ring is 1. The number of methoxy groups -OCH3 is 1. The van der Waals surface area contributed by atoms with Gasteiger partial charge in [-0.2, -0.15) is 0 Å². The van der Waals surface area contributed by atoms with Crippen LogP contribution in [0.25, 0.3) is 11.0 Å². The first kappa shape index (κ1) is 15.5. The average molecular weight is 296 g/mol. The number of hydrogen-bond donors (Lipinski definition) is 1. The van der Waals surface area contributed by atoms with Crippen LogP contribution < -0.4 is 10.5 Å². The van der Waals surface area contributed by atoms with E-state index in [9.17, 15) is 4.39 Å². The van der Waals surface area contributed by atoms with E-state index in [1.807, 2.05) is 14.1 Å². The second-order valence-corrected chi connectivity index (χ2v) is 5.01.